The summed E-state index contributed by atoms with van der Waals surface area (Å²) in [6, 6.07) is -0.437. The lowest BCUT2D eigenvalue weighted by Gasteiger charge is -2.31. The summed E-state index contributed by atoms with van der Waals surface area (Å²) in [5.41, 5.74) is 7.57. The van der Waals surface area contributed by atoms with Crippen LogP contribution in [0.25, 0.3) is 0 Å². The molecule has 24 heavy (non-hydrogen) atoms. The zero-order chi connectivity index (χ0) is 17.5. The molecule has 1 saturated carbocycles. The van der Waals surface area contributed by atoms with Gasteiger partial charge < -0.3 is 15.7 Å². The maximum atomic E-state index is 12.5. The van der Waals surface area contributed by atoms with E-state index in [9.17, 15) is 14.4 Å². The van der Waals surface area contributed by atoms with Crippen molar-refractivity contribution >= 4 is 23.6 Å². The fourth-order valence-corrected chi connectivity index (χ4v) is 3.73. The van der Waals surface area contributed by atoms with Crippen molar-refractivity contribution < 1.29 is 19.5 Å². The van der Waals surface area contributed by atoms with Crippen LogP contribution in [-0.2, 0) is 9.59 Å². The Morgan fingerprint density at radius 1 is 1.08 bits per heavy atom. The third-order valence-electron chi connectivity index (χ3n) is 4.91. The van der Waals surface area contributed by atoms with Crippen molar-refractivity contribution in [2.75, 3.05) is 6.54 Å². The molecular weight excluding hydrogens is 312 g/mol. The van der Waals surface area contributed by atoms with E-state index in [4.69, 9.17) is 10.8 Å². The molecule has 2 rings (SSSR count). The molecule has 8 nitrogen and oxygen atoms in total. The minimum Gasteiger partial charge on any atom is -0.481 e. The number of amides is 3. The van der Waals surface area contributed by atoms with Crippen LogP contribution in [0.4, 0.5) is 4.79 Å². The lowest BCUT2D eigenvalue weighted by molar-refractivity contribution is -0.136. The Labute approximate surface area is 141 Å². The highest BCUT2D eigenvalue weighted by Gasteiger charge is 2.37. The average Bonchev–Trinajstić information content (AvgIpc) is 2.97. The smallest absolute Gasteiger partial charge is 0.332 e. The molecule has 0 aromatic rings. The highest BCUT2D eigenvalue weighted by Crippen LogP contribution is 2.36. The summed E-state index contributed by atoms with van der Waals surface area (Å²) in [5, 5.41) is 12.6. The summed E-state index contributed by atoms with van der Waals surface area (Å²) in [6.45, 7) is 0.815. The van der Waals surface area contributed by atoms with Gasteiger partial charge in [-0.15, -0.1) is 0 Å². The van der Waals surface area contributed by atoms with Crippen LogP contribution in [0.1, 0.15) is 57.8 Å². The van der Waals surface area contributed by atoms with Crippen molar-refractivity contribution in [1.82, 2.24) is 10.3 Å². The molecule has 2 fully saturated rings. The number of rotatable bonds is 7. The van der Waals surface area contributed by atoms with Crippen LogP contribution in [-0.4, -0.2) is 46.2 Å². The number of nitrogens with one attached hydrogen (secondary N) is 1. The number of carboxylic acids is 1. The number of likely N-dealkylation sites (tertiary alicyclic amines) is 1. The molecule has 0 bridgehead atoms. The molecule has 2 aliphatic rings. The highest BCUT2D eigenvalue weighted by molar-refractivity contribution is 5.91. The Hall–Kier alpha value is -2.12. The number of hydrogen-bond donors (Lipinski definition) is 3. The molecule has 2 atom stereocenters. The van der Waals surface area contributed by atoms with E-state index in [2.05, 4.69) is 10.5 Å². The van der Waals surface area contributed by atoms with E-state index >= 15 is 0 Å². The summed E-state index contributed by atoms with van der Waals surface area (Å²) < 4.78 is 0. The van der Waals surface area contributed by atoms with Crippen LogP contribution in [0.5, 0.6) is 0 Å². The van der Waals surface area contributed by atoms with Crippen LogP contribution in [0, 0.1) is 5.92 Å². The van der Waals surface area contributed by atoms with E-state index in [0.29, 0.717) is 24.1 Å². The summed E-state index contributed by atoms with van der Waals surface area (Å²) in [6.07, 6.45) is 6.52. The third kappa shape index (κ3) is 5.21. The van der Waals surface area contributed by atoms with Gasteiger partial charge in [-0.1, -0.05) is 12.8 Å². The summed E-state index contributed by atoms with van der Waals surface area (Å²) in [4.78, 5) is 36.0. The van der Waals surface area contributed by atoms with Gasteiger partial charge in [0.05, 0.1) is 6.42 Å². The molecule has 1 heterocycles. The highest BCUT2D eigenvalue weighted by atomic mass is 16.4. The molecule has 0 aromatic heterocycles. The van der Waals surface area contributed by atoms with Crippen molar-refractivity contribution in [2.45, 2.75) is 63.8 Å². The topological polar surface area (TPSA) is 125 Å². The van der Waals surface area contributed by atoms with E-state index in [-0.39, 0.29) is 25.2 Å². The van der Waals surface area contributed by atoms with E-state index in [1.807, 2.05) is 4.90 Å². The van der Waals surface area contributed by atoms with Crippen LogP contribution in [0.2, 0.25) is 0 Å². The van der Waals surface area contributed by atoms with Crippen LogP contribution < -0.4 is 11.2 Å². The van der Waals surface area contributed by atoms with E-state index in [0.717, 1.165) is 19.4 Å². The first-order valence-corrected chi connectivity index (χ1v) is 8.59. The first-order chi connectivity index (χ1) is 11.5. The van der Waals surface area contributed by atoms with Crippen molar-refractivity contribution in [3.05, 3.63) is 0 Å². The monoisotopic (exact) mass is 338 g/mol. The number of urea groups is 1. The SMILES string of the molecule is NC(=O)N/N=C(\CCC(=O)O)CCC(=O)N1CCC2CCCCC21. The molecule has 0 aromatic carbocycles. The lowest BCUT2D eigenvalue weighted by Crippen LogP contribution is -2.39. The molecule has 0 radical (unpaired) electrons. The van der Waals surface area contributed by atoms with Gasteiger partial charge in [0.2, 0.25) is 5.91 Å². The summed E-state index contributed by atoms with van der Waals surface area (Å²) >= 11 is 0. The molecule has 1 aliphatic carbocycles. The predicted octanol–water partition coefficient (Wildman–Crippen LogP) is 1.45. The van der Waals surface area contributed by atoms with Crippen molar-refractivity contribution in [1.29, 1.82) is 0 Å². The second kappa shape index (κ2) is 8.65. The molecular formula is C16H26N4O4. The van der Waals surface area contributed by atoms with Gasteiger partial charge in [-0.25, -0.2) is 10.2 Å². The van der Waals surface area contributed by atoms with Crippen LogP contribution in [0.15, 0.2) is 5.10 Å². The fraction of sp³-hybridized carbons (Fsp3) is 0.750. The Morgan fingerprint density at radius 3 is 2.50 bits per heavy atom. The maximum Gasteiger partial charge on any atom is 0.332 e. The number of primary amides is 1. The minimum absolute atomic E-state index is 0.0894. The second-order valence-corrected chi connectivity index (χ2v) is 6.54. The molecule has 3 amide bonds. The van der Waals surface area contributed by atoms with E-state index in [1.165, 1.54) is 19.3 Å². The van der Waals surface area contributed by atoms with Crippen LogP contribution >= 0.6 is 0 Å². The van der Waals surface area contributed by atoms with Crippen molar-refractivity contribution in [3.63, 3.8) is 0 Å². The Morgan fingerprint density at radius 2 is 1.79 bits per heavy atom. The lowest BCUT2D eigenvalue weighted by atomic mass is 9.85. The quantitative estimate of drug-likeness (QED) is 0.480. The van der Waals surface area contributed by atoms with E-state index in [1.54, 1.807) is 0 Å². The van der Waals surface area contributed by atoms with E-state index < -0.39 is 12.0 Å². The molecule has 2 unspecified atom stereocenters. The van der Waals surface area contributed by atoms with Gasteiger partial charge in [0, 0.05) is 24.7 Å². The number of nitrogens with zero attached hydrogens (tertiary/aromatic N) is 2. The zero-order valence-electron chi connectivity index (χ0n) is 13.9. The van der Waals surface area contributed by atoms with Crippen LogP contribution in [0.3, 0.4) is 0 Å². The zero-order valence-corrected chi connectivity index (χ0v) is 13.9. The van der Waals surface area contributed by atoms with Gasteiger partial charge >= 0.3 is 12.0 Å². The number of carboxylic acid groups (broad SMARTS) is 1. The molecule has 1 saturated heterocycles. The third-order valence-corrected chi connectivity index (χ3v) is 4.91. The normalized spacial score (nSPS) is 23.7. The molecule has 8 heteroatoms. The number of carbonyl (C=O) groups excluding carboxylic acids is 2. The number of hydrazone groups is 1. The first-order valence-electron chi connectivity index (χ1n) is 8.59. The first kappa shape index (κ1) is 18.2. The maximum absolute atomic E-state index is 12.5. The molecule has 134 valence electrons. The number of carbonyl (C=O) groups is 3. The van der Waals surface area contributed by atoms with Gasteiger partial charge in [0.15, 0.2) is 0 Å². The predicted molar refractivity (Wildman–Crippen MR) is 88.3 cm³/mol. The minimum atomic E-state index is -0.947. The van der Waals surface area contributed by atoms with Gasteiger partial charge in [0.25, 0.3) is 0 Å². The Bertz CT molecular complexity index is 520. The fourth-order valence-electron chi connectivity index (χ4n) is 3.73. The van der Waals surface area contributed by atoms with Crippen molar-refractivity contribution in [3.8, 4) is 0 Å². The summed E-state index contributed by atoms with van der Waals surface area (Å²) in [7, 11) is 0. The molecule has 0 spiro atoms. The Balaban J connectivity index is 1.87. The number of fused-ring (bicyclic) bond motifs is 1. The second-order valence-electron chi connectivity index (χ2n) is 6.54. The summed E-state index contributed by atoms with van der Waals surface area (Å²) in [5.74, 6) is -0.219. The average molecular weight is 338 g/mol. The number of hydrogen-bond acceptors (Lipinski definition) is 4. The largest absolute Gasteiger partial charge is 0.481 e. The molecule has 1 aliphatic heterocycles. The van der Waals surface area contributed by atoms with Gasteiger partial charge in [-0.05, 0) is 38.0 Å². The van der Waals surface area contributed by atoms with Crippen molar-refractivity contribution in [2.24, 2.45) is 16.8 Å². The standard InChI is InChI=1S/C16H26N4O4/c17-16(24)19-18-12(6-8-15(22)23)5-7-14(21)20-10-9-11-3-1-2-4-13(11)20/h11,13H,1-10H2,(H,22,23)(H3,17,19,24)/b18-12-. The number of nitrogens with two attached hydrogens (primary N) is 1. The van der Waals surface area contributed by atoms with Gasteiger partial charge in [0.1, 0.15) is 0 Å². The van der Waals surface area contributed by atoms with Gasteiger partial charge in [-0.3, -0.25) is 9.59 Å². The number of aliphatic carboxylic acids is 1. The molecule has 4 N–H and O–H groups in total. The van der Waals surface area contributed by atoms with Gasteiger partial charge in [-0.2, -0.15) is 5.10 Å². The Kier molecular flexibility index (Phi) is 6.57.